The summed E-state index contributed by atoms with van der Waals surface area (Å²) in [5.74, 6) is 0.639. The summed E-state index contributed by atoms with van der Waals surface area (Å²) < 4.78 is 6.45. The Balaban J connectivity index is 1.43. The predicted octanol–water partition coefficient (Wildman–Crippen LogP) is 0.805. The van der Waals surface area contributed by atoms with Crippen LogP contribution in [0.4, 0.5) is 0 Å². The van der Waals surface area contributed by atoms with Gasteiger partial charge >= 0.3 is 5.69 Å². The minimum Gasteiger partial charge on any atom is -0.497 e. The third-order valence-corrected chi connectivity index (χ3v) is 6.59. The van der Waals surface area contributed by atoms with Crippen LogP contribution >= 0.6 is 0 Å². The number of methoxy groups -OCH3 is 1. The number of carbonyl (C=O) groups is 2. The molecule has 9 nitrogen and oxygen atoms in total. The van der Waals surface area contributed by atoms with Gasteiger partial charge in [-0.05, 0) is 49.8 Å². The zero-order valence-electron chi connectivity index (χ0n) is 17.9. The van der Waals surface area contributed by atoms with Gasteiger partial charge in [-0.25, -0.2) is 4.79 Å². The van der Waals surface area contributed by atoms with Crippen molar-refractivity contribution in [1.82, 2.24) is 19.4 Å². The Kier molecular flexibility index (Phi) is 5.84. The number of H-pyrrole nitrogens is 1. The second kappa shape index (κ2) is 8.56. The van der Waals surface area contributed by atoms with Crippen molar-refractivity contribution in [1.29, 1.82) is 0 Å². The maximum Gasteiger partial charge on any atom is 0.328 e. The Bertz CT molecular complexity index is 1110. The fraction of sp³-hybridized carbons (Fsp3) is 0.545. The zero-order chi connectivity index (χ0) is 22.1. The molecule has 1 saturated carbocycles. The first-order valence-electron chi connectivity index (χ1n) is 10.7. The van der Waals surface area contributed by atoms with Crippen molar-refractivity contribution in [2.45, 2.75) is 32.2 Å². The number of rotatable bonds is 4. The molecule has 9 heteroatoms. The molecule has 2 aromatic rings. The second-order valence-corrected chi connectivity index (χ2v) is 8.55. The minimum atomic E-state index is -0.420. The molecular weight excluding hydrogens is 400 g/mol. The fourth-order valence-electron chi connectivity index (χ4n) is 4.58. The standard InChI is InChI=1S/C22H28N4O5/c1-24-9-10-25(13-19(24)27)20(28)15-5-3-14(4-6-15)12-26-21(29)17-11-16(31-2)7-8-18(17)23-22(26)30/h7-8,11,14-15H,3-6,9-10,12-13H2,1-2H3,(H,23,30)/t14-,15-. The summed E-state index contributed by atoms with van der Waals surface area (Å²) in [6.07, 6.45) is 2.94. The summed E-state index contributed by atoms with van der Waals surface area (Å²) in [5.41, 5.74) is -0.258. The van der Waals surface area contributed by atoms with Crippen molar-refractivity contribution >= 4 is 22.7 Å². The van der Waals surface area contributed by atoms with Gasteiger partial charge in [0.2, 0.25) is 11.8 Å². The first-order valence-corrected chi connectivity index (χ1v) is 10.7. The molecule has 4 rings (SSSR count). The summed E-state index contributed by atoms with van der Waals surface area (Å²) in [6, 6.07) is 5.01. The lowest BCUT2D eigenvalue weighted by Crippen LogP contribution is -2.52. The van der Waals surface area contributed by atoms with Crippen LogP contribution in [-0.4, -0.2) is 65.0 Å². The number of hydrogen-bond acceptors (Lipinski definition) is 5. The molecule has 1 aliphatic heterocycles. The molecule has 0 radical (unpaired) electrons. The van der Waals surface area contributed by atoms with Crippen molar-refractivity contribution in [2.24, 2.45) is 11.8 Å². The minimum absolute atomic E-state index is 0.0279. The highest BCUT2D eigenvalue weighted by Gasteiger charge is 2.33. The van der Waals surface area contributed by atoms with Gasteiger partial charge in [0.15, 0.2) is 0 Å². The lowest BCUT2D eigenvalue weighted by atomic mass is 9.81. The number of nitrogens with zero attached hydrogens (tertiary/aromatic N) is 3. The van der Waals surface area contributed by atoms with Crippen LogP contribution in [0.15, 0.2) is 27.8 Å². The Hall–Kier alpha value is -3.10. The number of ether oxygens (including phenoxy) is 1. The average Bonchev–Trinajstić information content (AvgIpc) is 2.78. The molecule has 0 unspecified atom stereocenters. The van der Waals surface area contributed by atoms with E-state index in [1.165, 1.54) is 11.7 Å². The van der Waals surface area contributed by atoms with E-state index in [-0.39, 0.29) is 35.8 Å². The van der Waals surface area contributed by atoms with Gasteiger partial charge in [-0.2, -0.15) is 0 Å². The number of nitrogens with one attached hydrogen (secondary N) is 1. The number of aromatic nitrogens is 2. The van der Waals surface area contributed by atoms with Gasteiger partial charge < -0.3 is 19.5 Å². The second-order valence-electron chi connectivity index (χ2n) is 8.55. The van der Waals surface area contributed by atoms with Crippen molar-refractivity contribution in [3.63, 3.8) is 0 Å². The molecule has 31 heavy (non-hydrogen) atoms. The van der Waals surface area contributed by atoms with Gasteiger partial charge in [0, 0.05) is 32.6 Å². The number of fused-ring (bicyclic) bond motifs is 1. The first-order chi connectivity index (χ1) is 14.9. The summed E-state index contributed by atoms with van der Waals surface area (Å²) in [4.78, 5) is 56.2. The van der Waals surface area contributed by atoms with Gasteiger partial charge in [0.25, 0.3) is 5.56 Å². The van der Waals surface area contributed by atoms with Crippen LogP contribution in [0.3, 0.4) is 0 Å². The van der Waals surface area contributed by atoms with Crippen LogP contribution in [0.1, 0.15) is 25.7 Å². The smallest absolute Gasteiger partial charge is 0.328 e. The van der Waals surface area contributed by atoms with Gasteiger partial charge in [0.1, 0.15) is 5.75 Å². The molecule has 2 amide bonds. The van der Waals surface area contributed by atoms with Gasteiger partial charge in [-0.3, -0.25) is 19.0 Å². The van der Waals surface area contributed by atoms with E-state index >= 15 is 0 Å². The molecule has 2 aliphatic rings. The Morgan fingerprint density at radius 3 is 2.55 bits per heavy atom. The van der Waals surface area contributed by atoms with Crippen LogP contribution in [-0.2, 0) is 16.1 Å². The molecule has 2 fully saturated rings. The lowest BCUT2D eigenvalue weighted by molar-refractivity contribution is -0.147. The highest BCUT2D eigenvalue weighted by Crippen LogP contribution is 2.31. The number of aromatic amines is 1. The van der Waals surface area contributed by atoms with Crippen molar-refractivity contribution in [2.75, 3.05) is 33.8 Å². The topological polar surface area (TPSA) is 105 Å². The summed E-state index contributed by atoms with van der Waals surface area (Å²) in [7, 11) is 3.28. The van der Waals surface area contributed by atoms with Gasteiger partial charge in [-0.1, -0.05) is 0 Å². The molecule has 1 aliphatic carbocycles. The van der Waals surface area contributed by atoms with Gasteiger partial charge in [0.05, 0.1) is 24.6 Å². The largest absolute Gasteiger partial charge is 0.497 e. The third kappa shape index (κ3) is 4.22. The normalized spacial score (nSPS) is 22.1. The van der Waals surface area contributed by atoms with E-state index in [0.29, 0.717) is 49.1 Å². The van der Waals surface area contributed by atoms with E-state index in [4.69, 9.17) is 4.74 Å². The molecule has 1 aromatic carbocycles. The highest BCUT2D eigenvalue weighted by molar-refractivity contribution is 5.87. The molecule has 1 saturated heterocycles. The molecule has 2 heterocycles. The van der Waals surface area contributed by atoms with Crippen LogP contribution < -0.4 is 16.0 Å². The molecule has 0 atom stereocenters. The fourth-order valence-corrected chi connectivity index (χ4v) is 4.58. The Morgan fingerprint density at radius 1 is 1.13 bits per heavy atom. The third-order valence-electron chi connectivity index (χ3n) is 6.59. The van der Waals surface area contributed by atoms with E-state index in [1.807, 2.05) is 0 Å². The first kappa shape index (κ1) is 21.1. The summed E-state index contributed by atoms with van der Waals surface area (Å²) in [6.45, 7) is 1.63. The average molecular weight is 428 g/mol. The monoisotopic (exact) mass is 428 g/mol. The Labute approximate surface area is 179 Å². The SMILES string of the molecule is COc1ccc2[nH]c(=O)n(C[C@H]3CC[C@H](C(=O)N4CCN(C)C(=O)C4)CC3)c(=O)c2c1. The number of amides is 2. The maximum absolute atomic E-state index is 12.9. The quantitative estimate of drug-likeness (QED) is 0.776. The number of likely N-dealkylation sites (N-methyl/N-ethyl adjacent to an activating group) is 1. The van der Waals surface area contributed by atoms with Crippen molar-refractivity contribution in [3.05, 3.63) is 39.0 Å². The molecule has 166 valence electrons. The molecule has 0 spiro atoms. The van der Waals surface area contributed by atoms with E-state index in [1.54, 1.807) is 35.0 Å². The van der Waals surface area contributed by atoms with Crippen molar-refractivity contribution < 1.29 is 14.3 Å². The molecule has 0 bridgehead atoms. The highest BCUT2D eigenvalue weighted by atomic mass is 16.5. The van der Waals surface area contributed by atoms with E-state index in [0.717, 1.165) is 12.8 Å². The number of carbonyl (C=O) groups excluding carboxylic acids is 2. The predicted molar refractivity (Wildman–Crippen MR) is 115 cm³/mol. The van der Waals surface area contributed by atoms with E-state index in [2.05, 4.69) is 4.98 Å². The number of hydrogen-bond donors (Lipinski definition) is 1. The molecule has 1 N–H and O–H groups in total. The summed E-state index contributed by atoms with van der Waals surface area (Å²) >= 11 is 0. The van der Waals surface area contributed by atoms with E-state index < -0.39 is 5.69 Å². The maximum atomic E-state index is 12.9. The molecule has 1 aromatic heterocycles. The number of benzene rings is 1. The summed E-state index contributed by atoms with van der Waals surface area (Å²) in [5, 5.41) is 0.419. The lowest BCUT2D eigenvalue weighted by Gasteiger charge is -2.36. The van der Waals surface area contributed by atoms with Crippen molar-refractivity contribution in [3.8, 4) is 5.75 Å². The molecular formula is C22H28N4O5. The number of piperazine rings is 1. The van der Waals surface area contributed by atoms with Crippen LogP contribution in [0.25, 0.3) is 10.9 Å². The zero-order valence-corrected chi connectivity index (χ0v) is 17.9. The van der Waals surface area contributed by atoms with Crippen LogP contribution in [0.2, 0.25) is 0 Å². The Morgan fingerprint density at radius 2 is 1.87 bits per heavy atom. The van der Waals surface area contributed by atoms with Crippen LogP contribution in [0, 0.1) is 11.8 Å². The van der Waals surface area contributed by atoms with E-state index in [9.17, 15) is 19.2 Å². The van der Waals surface area contributed by atoms with Crippen LogP contribution in [0.5, 0.6) is 5.75 Å². The van der Waals surface area contributed by atoms with Gasteiger partial charge in [-0.15, -0.1) is 0 Å².